The smallest absolute Gasteiger partial charge is 0.303 e. The number of hydrogen-bond acceptors (Lipinski definition) is 7. The van der Waals surface area contributed by atoms with Crippen molar-refractivity contribution in [3.63, 3.8) is 0 Å². The largest absolute Gasteiger partial charge is 0.456 e. The predicted molar refractivity (Wildman–Crippen MR) is 75.8 cm³/mol. The molecule has 0 amide bonds. The van der Waals surface area contributed by atoms with Gasteiger partial charge in [0.25, 0.3) is 0 Å². The molecule has 0 N–H and O–H groups in total. The van der Waals surface area contributed by atoms with E-state index < -0.39 is 48.4 Å². The lowest BCUT2D eigenvalue weighted by Crippen LogP contribution is -2.60. The van der Waals surface area contributed by atoms with Crippen molar-refractivity contribution in [1.29, 1.82) is 0 Å². The normalized spacial score (nSPS) is 31.0. The predicted octanol–water partition coefficient (Wildman–Crippen LogP) is 1.14. The third-order valence-electron chi connectivity index (χ3n) is 3.17. The molecule has 0 aromatic heterocycles. The SMILES string of the molecule is C=CC[C@H]1O[C@@H](C)[C@H](OC(C)=O)[C@@H](OC(C)=O)[C@H]1OC(C)=O. The lowest BCUT2D eigenvalue weighted by Gasteiger charge is -2.43. The van der Waals surface area contributed by atoms with Crippen molar-refractivity contribution < 1.29 is 33.3 Å². The minimum atomic E-state index is -0.931. The van der Waals surface area contributed by atoms with Gasteiger partial charge in [0.15, 0.2) is 18.3 Å². The molecule has 7 nitrogen and oxygen atoms in total. The van der Waals surface area contributed by atoms with Gasteiger partial charge in [0.1, 0.15) is 6.10 Å². The maximum atomic E-state index is 11.4. The average molecular weight is 314 g/mol. The molecule has 124 valence electrons. The Labute approximate surface area is 129 Å². The van der Waals surface area contributed by atoms with Crippen molar-refractivity contribution in [3.8, 4) is 0 Å². The van der Waals surface area contributed by atoms with Crippen LogP contribution in [-0.2, 0) is 33.3 Å². The van der Waals surface area contributed by atoms with E-state index in [1.54, 1.807) is 13.0 Å². The van der Waals surface area contributed by atoms with E-state index in [4.69, 9.17) is 18.9 Å². The number of carbonyl (C=O) groups is 3. The minimum Gasteiger partial charge on any atom is -0.456 e. The van der Waals surface area contributed by atoms with E-state index in [0.717, 1.165) is 0 Å². The standard InChI is InChI=1S/C15H22O7/c1-6-7-12-14(21-10(4)17)15(22-11(5)18)13(8(2)19-12)20-9(3)16/h6,8,12-15H,1,7H2,2-5H3/t8-,12+,13-,14-,15+/m0/s1. The Morgan fingerprint density at radius 2 is 1.41 bits per heavy atom. The first-order valence-corrected chi connectivity index (χ1v) is 7.04. The van der Waals surface area contributed by atoms with Crippen LogP contribution in [0.25, 0.3) is 0 Å². The summed E-state index contributed by atoms with van der Waals surface area (Å²) in [5, 5.41) is 0. The Hall–Kier alpha value is -1.89. The molecule has 1 aliphatic heterocycles. The Bertz CT molecular complexity index is 445. The van der Waals surface area contributed by atoms with E-state index in [0.29, 0.717) is 6.42 Å². The maximum absolute atomic E-state index is 11.4. The molecule has 0 radical (unpaired) electrons. The third kappa shape index (κ3) is 4.84. The summed E-state index contributed by atoms with van der Waals surface area (Å²) in [6.07, 6.45) is -1.71. The molecule has 0 aliphatic carbocycles. The van der Waals surface area contributed by atoms with Crippen LogP contribution >= 0.6 is 0 Å². The van der Waals surface area contributed by atoms with Gasteiger partial charge in [0.05, 0.1) is 6.10 Å². The van der Waals surface area contributed by atoms with Crippen LogP contribution in [0, 0.1) is 0 Å². The molecule has 0 unspecified atom stereocenters. The zero-order valence-corrected chi connectivity index (χ0v) is 13.2. The molecule has 0 spiro atoms. The van der Waals surface area contributed by atoms with Crippen LogP contribution in [0.2, 0.25) is 0 Å². The molecule has 0 aromatic carbocycles. The first kappa shape index (κ1) is 18.2. The van der Waals surface area contributed by atoms with Gasteiger partial charge >= 0.3 is 17.9 Å². The van der Waals surface area contributed by atoms with E-state index in [-0.39, 0.29) is 0 Å². The first-order chi connectivity index (χ1) is 10.3. The summed E-state index contributed by atoms with van der Waals surface area (Å²) in [4.78, 5) is 34.0. The quantitative estimate of drug-likeness (QED) is 0.427. The molecule has 1 aliphatic rings. The average Bonchev–Trinajstić information content (AvgIpc) is 2.37. The summed E-state index contributed by atoms with van der Waals surface area (Å²) in [5.41, 5.74) is 0. The summed E-state index contributed by atoms with van der Waals surface area (Å²) < 4.78 is 21.5. The van der Waals surface area contributed by atoms with E-state index in [9.17, 15) is 14.4 Å². The van der Waals surface area contributed by atoms with E-state index in [1.807, 2.05) is 0 Å². The van der Waals surface area contributed by atoms with Gasteiger partial charge in [-0.25, -0.2) is 0 Å². The minimum absolute atomic E-state index is 0.396. The fraction of sp³-hybridized carbons (Fsp3) is 0.667. The number of rotatable bonds is 5. The first-order valence-electron chi connectivity index (χ1n) is 7.04. The van der Waals surface area contributed by atoms with Crippen LogP contribution in [0.5, 0.6) is 0 Å². The molecule has 0 aromatic rings. The topological polar surface area (TPSA) is 88.1 Å². The van der Waals surface area contributed by atoms with Crippen LogP contribution < -0.4 is 0 Å². The highest BCUT2D eigenvalue weighted by molar-refractivity contribution is 5.68. The van der Waals surface area contributed by atoms with E-state index in [2.05, 4.69) is 6.58 Å². The molecule has 1 fully saturated rings. The highest BCUT2D eigenvalue weighted by Crippen LogP contribution is 2.30. The Balaban J connectivity index is 3.12. The second-order valence-electron chi connectivity index (χ2n) is 5.13. The molecule has 1 heterocycles. The van der Waals surface area contributed by atoms with Gasteiger partial charge in [-0.3, -0.25) is 14.4 Å². The Kier molecular flexibility index (Phi) is 6.55. The second kappa shape index (κ2) is 7.93. The molecular weight excluding hydrogens is 292 g/mol. The number of ether oxygens (including phenoxy) is 4. The van der Waals surface area contributed by atoms with Crippen molar-refractivity contribution in [2.75, 3.05) is 0 Å². The van der Waals surface area contributed by atoms with Gasteiger partial charge in [0.2, 0.25) is 0 Å². The summed E-state index contributed by atoms with van der Waals surface area (Å²) >= 11 is 0. The number of carbonyl (C=O) groups excluding carboxylic acids is 3. The fourth-order valence-electron chi connectivity index (χ4n) is 2.47. The summed E-state index contributed by atoms with van der Waals surface area (Å²) in [6, 6.07) is 0. The fourth-order valence-corrected chi connectivity index (χ4v) is 2.47. The summed E-state index contributed by atoms with van der Waals surface area (Å²) in [7, 11) is 0. The van der Waals surface area contributed by atoms with Gasteiger partial charge in [0, 0.05) is 20.8 Å². The molecule has 1 saturated heterocycles. The van der Waals surface area contributed by atoms with Gasteiger partial charge in [-0.15, -0.1) is 6.58 Å². The van der Waals surface area contributed by atoms with Crippen molar-refractivity contribution in [2.45, 2.75) is 64.6 Å². The van der Waals surface area contributed by atoms with Crippen molar-refractivity contribution >= 4 is 17.9 Å². The highest BCUT2D eigenvalue weighted by atomic mass is 16.6. The molecule has 0 saturated carbocycles. The zero-order valence-electron chi connectivity index (χ0n) is 13.2. The van der Waals surface area contributed by atoms with Gasteiger partial charge in [-0.05, 0) is 13.3 Å². The highest BCUT2D eigenvalue weighted by Gasteiger charge is 2.49. The van der Waals surface area contributed by atoms with Gasteiger partial charge in [-0.1, -0.05) is 6.08 Å². The van der Waals surface area contributed by atoms with E-state index >= 15 is 0 Å². The third-order valence-corrected chi connectivity index (χ3v) is 3.17. The molecule has 1 rings (SSSR count). The Morgan fingerprint density at radius 1 is 0.955 bits per heavy atom. The Morgan fingerprint density at radius 3 is 1.86 bits per heavy atom. The number of hydrogen-bond donors (Lipinski definition) is 0. The molecule has 7 heteroatoms. The lowest BCUT2D eigenvalue weighted by molar-refractivity contribution is -0.242. The monoisotopic (exact) mass is 314 g/mol. The van der Waals surface area contributed by atoms with Gasteiger partial charge in [-0.2, -0.15) is 0 Å². The van der Waals surface area contributed by atoms with Gasteiger partial charge < -0.3 is 18.9 Å². The molecule has 5 atom stereocenters. The molecule has 22 heavy (non-hydrogen) atoms. The summed E-state index contributed by atoms with van der Waals surface area (Å²) in [6.45, 7) is 9.06. The zero-order chi connectivity index (χ0) is 16.9. The van der Waals surface area contributed by atoms with Crippen LogP contribution in [0.3, 0.4) is 0 Å². The molecule has 0 bridgehead atoms. The summed E-state index contributed by atoms with van der Waals surface area (Å²) in [5.74, 6) is -1.65. The second-order valence-corrected chi connectivity index (χ2v) is 5.13. The van der Waals surface area contributed by atoms with Crippen molar-refractivity contribution in [1.82, 2.24) is 0 Å². The van der Waals surface area contributed by atoms with Crippen molar-refractivity contribution in [2.24, 2.45) is 0 Å². The molecular formula is C15H22O7. The van der Waals surface area contributed by atoms with Crippen molar-refractivity contribution in [3.05, 3.63) is 12.7 Å². The van der Waals surface area contributed by atoms with Crippen LogP contribution in [-0.4, -0.2) is 48.4 Å². The van der Waals surface area contributed by atoms with E-state index in [1.165, 1.54) is 20.8 Å². The lowest BCUT2D eigenvalue weighted by atomic mass is 9.93. The number of esters is 3. The van der Waals surface area contributed by atoms with Crippen LogP contribution in [0.1, 0.15) is 34.1 Å². The van der Waals surface area contributed by atoms with Crippen LogP contribution in [0.4, 0.5) is 0 Å². The van der Waals surface area contributed by atoms with Crippen LogP contribution in [0.15, 0.2) is 12.7 Å². The maximum Gasteiger partial charge on any atom is 0.303 e.